The average Bonchev–Trinajstić information content (AvgIpc) is 2.55. The van der Waals surface area contributed by atoms with Gasteiger partial charge in [0.1, 0.15) is 5.75 Å². The summed E-state index contributed by atoms with van der Waals surface area (Å²) >= 11 is 5.43. The number of ether oxygens (including phenoxy) is 1. The molecule has 24 heavy (non-hydrogen) atoms. The standard InChI is InChI=1S/C20H26N2OS/c1-20(2,3)17-7-5-6-8-18(17)22-19(24)21-14-13-15-9-11-16(23-4)12-10-15/h5-12H,13-14H2,1-4H3,(H2,21,22,24). The molecule has 0 aliphatic heterocycles. The second kappa shape index (κ2) is 8.15. The molecule has 2 rings (SSSR count). The second-order valence-electron chi connectivity index (χ2n) is 6.77. The summed E-state index contributed by atoms with van der Waals surface area (Å²) in [6.07, 6.45) is 0.909. The van der Waals surface area contributed by atoms with Crippen LogP contribution in [0.25, 0.3) is 0 Å². The van der Waals surface area contributed by atoms with E-state index in [1.807, 2.05) is 18.2 Å². The summed E-state index contributed by atoms with van der Waals surface area (Å²) in [6.45, 7) is 7.39. The van der Waals surface area contributed by atoms with E-state index in [1.165, 1.54) is 11.1 Å². The quantitative estimate of drug-likeness (QED) is 0.783. The molecule has 2 aromatic carbocycles. The lowest BCUT2D eigenvalue weighted by molar-refractivity contribution is 0.414. The Balaban J connectivity index is 1.87. The molecule has 0 aromatic heterocycles. The van der Waals surface area contributed by atoms with E-state index in [0.29, 0.717) is 5.11 Å². The molecule has 0 heterocycles. The van der Waals surface area contributed by atoms with Crippen LogP contribution in [0.15, 0.2) is 48.5 Å². The zero-order valence-corrected chi connectivity index (χ0v) is 15.7. The number of nitrogens with one attached hydrogen (secondary N) is 2. The van der Waals surface area contributed by atoms with Crippen LogP contribution in [0.3, 0.4) is 0 Å². The molecule has 128 valence electrons. The Kier molecular flexibility index (Phi) is 6.21. The minimum Gasteiger partial charge on any atom is -0.497 e. The molecule has 0 fully saturated rings. The van der Waals surface area contributed by atoms with Gasteiger partial charge in [0.2, 0.25) is 0 Å². The number of para-hydroxylation sites is 1. The largest absolute Gasteiger partial charge is 0.497 e. The summed E-state index contributed by atoms with van der Waals surface area (Å²) in [6, 6.07) is 16.4. The van der Waals surface area contributed by atoms with E-state index in [-0.39, 0.29) is 5.41 Å². The Morgan fingerprint density at radius 1 is 1.04 bits per heavy atom. The zero-order chi connectivity index (χ0) is 17.6. The summed E-state index contributed by atoms with van der Waals surface area (Å²) in [5, 5.41) is 7.25. The highest BCUT2D eigenvalue weighted by Gasteiger charge is 2.17. The molecule has 0 bridgehead atoms. The number of thiocarbonyl (C=S) groups is 1. The Hall–Kier alpha value is -2.07. The third-order valence-electron chi connectivity index (χ3n) is 3.84. The van der Waals surface area contributed by atoms with Crippen molar-refractivity contribution >= 4 is 23.0 Å². The lowest BCUT2D eigenvalue weighted by Gasteiger charge is -2.23. The maximum Gasteiger partial charge on any atom is 0.170 e. The molecule has 3 nitrogen and oxygen atoms in total. The van der Waals surface area contributed by atoms with Gasteiger partial charge in [0.25, 0.3) is 0 Å². The molecule has 2 N–H and O–H groups in total. The van der Waals surface area contributed by atoms with Gasteiger partial charge in [-0.1, -0.05) is 51.1 Å². The van der Waals surface area contributed by atoms with Crippen molar-refractivity contribution in [3.8, 4) is 5.75 Å². The van der Waals surface area contributed by atoms with Gasteiger partial charge in [-0.05, 0) is 53.4 Å². The highest BCUT2D eigenvalue weighted by Crippen LogP contribution is 2.29. The fourth-order valence-electron chi connectivity index (χ4n) is 2.53. The van der Waals surface area contributed by atoms with Gasteiger partial charge in [-0.3, -0.25) is 0 Å². The second-order valence-corrected chi connectivity index (χ2v) is 7.18. The fourth-order valence-corrected chi connectivity index (χ4v) is 2.74. The van der Waals surface area contributed by atoms with Crippen LogP contribution in [-0.4, -0.2) is 18.8 Å². The minimum absolute atomic E-state index is 0.0717. The number of hydrogen-bond donors (Lipinski definition) is 2. The van der Waals surface area contributed by atoms with Crippen molar-refractivity contribution in [1.29, 1.82) is 0 Å². The van der Waals surface area contributed by atoms with Gasteiger partial charge in [-0.2, -0.15) is 0 Å². The van der Waals surface area contributed by atoms with E-state index in [1.54, 1.807) is 7.11 Å². The summed E-state index contributed by atoms with van der Waals surface area (Å²) in [4.78, 5) is 0. The smallest absolute Gasteiger partial charge is 0.170 e. The fraction of sp³-hybridized carbons (Fsp3) is 0.350. The topological polar surface area (TPSA) is 33.3 Å². The van der Waals surface area contributed by atoms with Crippen LogP contribution in [0.4, 0.5) is 5.69 Å². The third-order valence-corrected chi connectivity index (χ3v) is 4.09. The van der Waals surface area contributed by atoms with Gasteiger partial charge < -0.3 is 15.4 Å². The van der Waals surface area contributed by atoms with Crippen molar-refractivity contribution in [3.05, 3.63) is 59.7 Å². The zero-order valence-electron chi connectivity index (χ0n) is 14.8. The Morgan fingerprint density at radius 3 is 2.33 bits per heavy atom. The maximum absolute atomic E-state index is 5.43. The van der Waals surface area contributed by atoms with E-state index >= 15 is 0 Å². The van der Waals surface area contributed by atoms with Crippen LogP contribution < -0.4 is 15.4 Å². The van der Waals surface area contributed by atoms with Crippen LogP contribution in [-0.2, 0) is 11.8 Å². The van der Waals surface area contributed by atoms with Gasteiger partial charge in [0.15, 0.2) is 5.11 Å². The molecule has 0 aliphatic rings. The molecule has 0 atom stereocenters. The number of hydrogen-bond acceptors (Lipinski definition) is 2. The first-order chi connectivity index (χ1) is 11.4. The maximum atomic E-state index is 5.43. The monoisotopic (exact) mass is 342 g/mol. The lowest BCUT2D eigenvalue weighted by Crippen LogP contribution is -2.31. The molecule has 0 amide bonds. The normalized spacial score (nSPS) is 11.0. The highest BCUT2D eigenvalue weighted by molar-refractivity contribution is 7.80. The van der Waals surface area contributed by atoms with Crippen LogP contribution in [0.2, 0.25) is 0 Å². The Morgan fingerprint density at radius 2 is 1.71 bits per heavy atom. The number of anilines is 1. The summed E-state index contributed by atoms with van der Waals surface area (Å²) in [5.41, 5.74) is 3.64. The molecule has 0 unspecified atom stereocenters. The summed E-state index contributed by atoms with van der Waals surface area (Å²) < 4.78 is 5.17. The summed E-state index contributed by atoms with van der Waals surface area (Å²) in [7, 11) is 1.68. The number of benzene rings is 2. The first-order valence-corrected chi connectivity index (χ1v) is 8.58. The lowest BCUT2D eigenvalue weighted by atomic mass is 9.86. The Labute approximate surface area is 150 Å². The average molecular weight is 343 g/mol. The van der Waals surface area contributed by atoms with Crippen molar-refractivity contribution in [1.82, 2.24) is 5.32 Å². The van der Waals surface area contributed by atoms with Crippen molar-refractivity contribution in [2.45, 2.75) is 32.6 Å². The minimum atomic E-state index is 0.0717. The predicted octanol–water partition coefficient (Wildman–Crippen LogP) is 4.52. The Bertz CT molecular complexity index is 675. The molecule has 2 aromatic rings. The predicted molar refractivity (Wildman–Crippen MR) is 106 cm³/mol. The van der Waals surface area contributed by atoms with Gasteiger partial charge in [0.05, 0.1) is 7.11 Å². The molecule has 0 radical (unpaired) electrons. The molecule has 0 spiro atoms. The van der Waals surface area contributed by atoms with Gasteiger partial charge in [0, 0.05) is 12.2 Å². The van der Waals surface area contributed by atoms with Gasteiger partial charge >= 0.3 is 0 Å². The molecule has 0 aliphatic carbocycles. The SMILES string of the molecule is COc1ccc(CCNC(=S)Nc2ccccc2C(C)(C)C)cc1. The molecule has 0 saturated heterocycles. The van der Waals surface area contributed by atoms with E-state index in [2.05, 4.69) is 61.7 Å². The molecule has 4 heteroatoms. The van der Waals surface area contributed by atoms with E-state index in [4.69, 9.17) is 17.0 Å². The van der Waals surface area contributed by atoms with Crippen LogP contribution in [0.1, 0.15) is 31.9 Å². The van der Waals surface area contributed by atoms with Gasteiger partial charge in [-0.25, -0.2) is 0 Å². The number of methoxy groups -OCH3 is 1. The van der Waals surface area contributed by atoms with Crippen molar-refractivity contribution in [3.63, 3.8) is 0 Å². The third kappa shape index (κ3) is 5.24. The van der Waals surface area contributed by atoms with E-state index < -0.39 is 0 Å². The van der Waals surface area contributed by atoms with Crippen LogP contribution in [0, 0.1) is 0 Å². The van der Waals surface area contributed by atoms with Gasteiger partial charge in [-0.15, -0.1) is 0 Å². The van der Waals surface area contributed by atoms with Crippen molar-refractivity contribution < 1.29 is 4.74 Å². The van der Waals surface area contributed by atoms with E-state index in [9.17, 15) is 0 Å². The molecule has 0 saturated carbocycles. The van der Waals surface area contributed by atoms with E-state index in [0.717, 1.165) is 24.4 Å². The van der Waals surface area contributed by atoms with Crippen LogP contribution >= 0.6 is 12.2 Å². The van der Waals surface area contributed by atoms with Crippen molar-refractivity contribution in [2.75, 3.05) is 19.0 Å². The first-order valence-electron chi connectivity index (χ1n) is 8.17. The van der Waals surface area contributed by atoms with Crippen LogP contribution in [0.5, 0.6) is 5.75 Å². The summed E-state index contributed by atoms with van der Waals surface area (Å²) in [5.74, 6) is 0.877. The van der Waals surface area contributed by atoms with Crippen molar-refractivity contribution in [2.24, 2.45) is 0 Å². The number of rotatable bonds is 5. The molecular weight excluding hydrogens is 316 g/mol. The first kappa shape index (κ1) is 18.3. The molecular formula is C20H26N2OS. The highest BCUT2D eigenvalue weighted by atomic mass is 32.1.